The third-order valence-corrected chi connectivity index (χ3v) is 5.13. The van der Waals surface area contributed by atoms with Crippen LogP contribution in [0.2, 0.25) is 0 Å². The number of piperazine rings is 1. The van der Waals surface area contributed by atoms with Gasteiger partial charge in [-0.25, -0.2) is 4.39 Å². The van der Waals surface area contributed by atoms with Gasteiger partial charge in [0.15, 0.2) is 0 Å². The summed E-state index contributed by atoms with van der Waals surface area (Å²) in [7, 11) is 0. The van der Waals surface area contributed by atoms with Crippen molar-refractivity contribution in [1.82, 2.24) is 10.2 Å². The standard InChI is InChI=1S/C18H19FN2OS/c19-15-8-4-5-9-16(15)23-17(14-6-2-1-3-7-14)18(22)21-12-10-20-11-13-21/h1-9,17,20H,10-13H2. The fraction of sp³-hybridized carbons (Fsp3) is 0.278. The second kappa shape index (κ2) is 7.62. The molecule has 1 fully saturated rings. The fourth-order valence-electron chi connectivity index (χ4n) is 2.61. The van der Waals surface area contributed by atoms with E-state index in [1.807, 2.05) is 35.2 Å². The van der Waals surface area contributed by atoms with Gasteiger partial charge in [-0.1, -0.05) is 42.5 Å². The Kier molecular flexibility index (Phi) is 5.31. The van der Waals surface area contributed by atoms with E-state index in [1.165, 1.54) is 17.8 Å². The van der Waals surface area contributed by atoms with Gasteiger partial charge in [-0.15, -0.1) is 11.8 Å². The first-order valence-electron chi connectivity index (χ1n) is 7.71. The third-order valence-electron chi connectivity index (χ3n) is 3.84. The average molecular weight is 330 g/mol. The Morgan fingerprint density at radius 1 is 1.04 bits per heavy atom. The zero-order valence-corrected chi connectivity index (χ0v) is 13.6. The number of rotatable bonds is 4. The van der Waals surface area contributed by atoms with Crippen LogP contribution in [-0.2, 0) is 4.79 Å². The number of amides is 1. The Labute approximate surface area is 139 Å². The van der Waals surface area contributed by atoms with Gasteiger partial charge in [0, 0.05) is 31.1 Å². The molecule has 0 saturated carbocycles. The molecule has 1 N–H and O–H groups in total. The maximum atomic E-state index is 14.0. The molecule has 1 saturated heterocycles. The van der Waals surface area contributed by atoms with Gasteiger partial charge in [0.2, 0.25) is 5.91 Å². The van der Waals surface area contributed by atoms with Gasteiger partial charge in [-0.3, -0.25) is 4.79 Å². The van der Waals surface area contributed by atoms with Crippen LogP contribution in [0.15, 0.2) is 59.5 Å². The smallest absolute Gasteiger partial charge is 0.240 e. The fourth-order valence-corrected chi connectivity index (χ4v) is 3.74. The van der Waals surface area contributed by atoms with E-state index in [4.69, 9.17) is 0 Å². The van der Waals surface area contributed by atoms with Crippen LogP contribution in [0.3, 0.4) is 0 Å². The van der Waals surface area contributed by atoms with E-state index < -0.39 is 5.25 Å². The van der Waals surface area contributed by atoms with E-state index >= 15 is 0 Å². The van der Waals surface area contributed by atoms with Crippen molar-refractivity contribution in [2.75, 3.05) is 26.2 Å². The second-order valence-corrected chi connectivity index (χ2v) is 6.56. The topological polar surface area (TPSA) is 32.3 Å². The molecule has 2 aromatic rings. The largest absolute Gasteiger partial charge is 0.339 e. The molecule has 120 valence electrons. The number of nitrogens with one attached hydrogen (secondary N) is 1. The number of nitrogens with zero attached hydrogens (tertiary/aromatic N) is 1. The van der Waals surface area contributed by atoms with Crippen molar-refractivity contribution in [3.63, 3.8) is 0 Å². The lowest BCUT2D eigenvalue weighted by molar-refractivity contribution is -0.131. The first-order chi connectivity index (χ1) is 11.3. The highest BCUT2D eigenvalue weighted by atomic mass is 32.2. The van der Waals surface area contributed by atoms with Crippen molar-refractivity contribution in [3.8, 4) is 0 Å². The summed E-state index contributed by atoms with van der Waals surface area (Å²) in [5.41, 5.74) is 0.907. The molecule has 1 unspecified atom stereocenters. The molecular formula is C18H19FN2OS. The van der Waals surface area contributed by atoms with Gasteiger partial charge < -0.3 is 10.2 Å². The van der Waals surface area contributed by atoms with Gasteiger partial charge in [0.25, 0.3) is 0 Å². The van der Waals surface area contributed by atoms with Crippen LogP contribution in [0.4, 0.5) is 4.39 Å². The summed E-state index contributed by atoms with van der Waals surface area (Å²) in [6.45, 7) is 3.00. The summed E-state index contributed by atoms with van der Waals surface area (Å²) in [6, 6.07) is 16.2. The lowest BCUT2D eigenvalue weighted by Crippen LogP contribution is -2.47. The molecule has 2 aromatic carbocycles. The molecule has 3 nitrogen and oxygen atoms in total. The van der Waals surface area contributed by atoms with E-state index in [2.05, 4.69) is 5.32 Å². The number of hydrogen-bond donors (Lipinski definition) is 1. The maximum absolute atomic E-state index is 14.0. The molecule has 1 aliphatic rings. The number of thioether (sulfide) groups is 1. The summed E-state index contributed by atoms with van der Waals surface area (Å²) in [4.78, 5) is 15.3. The predicted octanol–water partition coefficient (Wildman–Crippen LogP) is 3.09. The molecule has 5 heteroatoms. The van der Waals surface area contributed by atoms with Crippen molar-refractivity contribution in [2.24, 2.45) is 0 Å². The summed E-state index contributed by atoms with van der Waals surface area (Å²) in [5, 5.41) is 2.82. The first kappa shape index (κ1) is 16.0. The Morgan fingerprint density at radius 2 is 1.70 bits per heavy atom. The van der Waals surface area contributed by atoms with Crippen molar-refractivity contribution in [2.45, 2.75) is 10.1 Å². The lowest BCUT2D eigenvalue weighted by atomic mass is 10.1. The van der Waals surface area contributed by atoms with Crippen LogP contribution >= 0.6 is 11.8 Å². The molecule has 3 rings (SSSR count). The van der Waals surface area contributed by atoms with Gasteiger partial charge in [0.05, 0.1) is 0 Å². The molecule has 0 aliphatic carbocycles. The van der Waals surface area contributed by atoms with Gasteiger partial charge in [0.1, 0.15) is 11.1 Å². The monoisotopic (exact) mass is 330 g/mol. The normalized spacial score (nSPS) is 16.1. The van der Waals surface area contributed by atoms with Crippen LogP contribution in [-0.4, -0.2) is 37.0 Å². The van der Waals surface area contributed by atoms with Crippen molar-refractivity contribution >= 4 is 17.7 Å². The summed E-state index contributed by atoms with van der Waals surface area (Å²) < 4.78 is 14.0. The minimum absolute atomic E-state index is 0.0472. The highest BCUT2D eigenvalue weighted by Gasteiger charge is 2.28. The van der Waals surface area contributed by atoms with Crippen molar-refractivity contribution < 1.29 is 9.18 Å². The second-order valence-electron chi connectivity index (χ2n) is 5.41. The number of carbonyl (C=O) groups is 1. The zero-order valence-electron chi connectivity index (χ0n) is 12.7. The minimum Gasteiger partial charge on any atom is -0.339 e. The Morgan fingerprint density at radius 3 is 2.39 bits per heavy atom. The molecule has 0 aromatic heterocycles. The predicted molar refractivity (Wildman–Crippen MR) is 90.9 cm³/mol. The highest BCUT2D eigenvalue weighted by Crippen LogP contribution is 2.37. The van der Waals surface area contributed by atoms with Crippen LogP contribution in [0.5, 0.6) is 0 Å². The molecule has 0 spiro atoms. The van der Waals surface area contributed by atoms with E-state index in [0.29, 0.717) is 18.0 Å². The molecule has 0 radical (unpaired) electrons. The highest BCUT2D eigenvalue weighted by molar-refractivity contribution is 8.00. The third kappa shape index (κ3) is 3.92. The Hall–Kier alpha value is -1.85. The molecule has 0 bridgehead atoms. The van der Waals surface area contributed by atoms with Gasteiger partial charge in [-0.2, -0.15) is 0 Å². The van der Waals surface area contributed by atoms with Crippen molar-refractivity contribution in [3.05, 3.63) is 66.0 Å². The molecule has 23 heavy (non-hydrogen) atoms. The number of carbonyl (C=O) groups excluding carboxylic acids is 1. The van der Waals surface area contributed by atoms with E-state index in [-0.39, 0.29) is 11.7 Å². The number of benzene rings is 2. The van der Waals surface area contributed by atoms with Gasteiger partial charge >= 0.3 is 0 Å². The summed E-state index contributed by atoms with van der Waals surface area (Å²) >= 11 is 1.28. The molecule has 1 heterocycles. The minimum atomic E-state index is -0.425. The average Bonchev–Trinajstić information content (AvgIpc) is 2.62. The maximum Gasteiger partial charge on any atom is 0.240 e. The lowest BCUT2D eigenvalue weighted by Gasteiger charge is -2.31. The van der Waals surface area contributed by atoms with Crippen LogP contribution < -0.4 is 5.32 Å². The molecule has 1 amide bonds. The Balaban J connectivity index is 1.87. The van der Waals surface area contributed by atoms with E-state index in [0.717, 1.165) is 18.7 Å². The molecule has 1 aliphatic heterocycles. The van der Waals surface area contributed by atoms with Crippen molar-refractivity contribution in [1.29, 1.82) is 0 Å². The van der Waals surface area contributed by atoms with Crippen LogP contribution in [0.25, 0.3) is 0 Å². The van der Waals surface area contributed by atoms with Gasteiger partial charge in [-0.05, 0) is 17.7 Å². The zero-order chi connectivity index (χ0) is 16.1. The molecular weight excluding hydrogens is 311 g/mol. The Bertz CT molecular complexity index is 659. The summed E-state index contributed by atoms with van der Waals surface area (Å²) in [6.07, 6.45) is 0. The SMILES string of the molecule is O=C(C(Sc1ccccc1F)c1ccccc1)N1CCNCC1. The first-order valence-corrected chi connectivity index (χ1v) is 8.59. The molecule has 1 atom stereocenters. The van der Waals surface area contributed by atoms with Crippen LogP contribution in [0.1, 0.15) is 10.8 Å². The van der Waals surface area contributed by atoms with Crippen LogP contribution in [0, 0.1) is 5.82 Å². The number of halogens is 1. The van der Waals surface area contributed by atoms with E-state index in [1.54, 1.807) is 18.2 Å². The quantitative estimate of drug-likeness (QED) is 0.875. The number of hydrogen-bond acceptors (Lipinski definition) is 3. The van der Waals surface area contributed by atoms with E-state index in [9.17, 15) is 9.18 Å². The summed E-state index contributed by atoms with van der Waals surface area (Å²) in [5.74, 6) is -0.238.